The summed E-state index contributed by atoms with van der Waals surface area (Å²) in [5.74, 6) is 0.175. The molecule has 9 heteroatoms. The average Bonchev–Trinajstić information content (AvgIpc) is 2.58. The number of benzene rings is 1. The number of rotatable bonds is 7. The van der Waals surface area contributed by atoms with Gasteiger partial charge in [0.1, 0.15) is 11.3 Å². The third-order valence-corrected chi connectivity index (χ3v) is 3.22. The number of nitrogens with zero attached hydrogens (tertiary/aromatic N) is 2. The highest BCUT2D eigenvalue weighted by Gasteiger charge is 2.13. The molecule has 0 aliphatic carbocycles. The predicted molar refractivity (Wildman–Crippen MR) is 87.8 cm³/mol. The van der Waals surface area contributed by atoms with Crippen molar-refractivity contribution >= 4 is 6.21 Å². The van der Waals surface area contributed by atoms with Crippen molar-refractivity contribution in [1.82, 2.24) is 15.0 Å². The smallest absolute Gasteiger partial charge is 0.331 e. The lowest BCUT2D eigenvalue weighted by Crippen LogP contribution is -2.32. The summed E-state index contributed by atoms with van der Waals surface area (Å²) in [6, 6.07) is 6.94. The van der Waals surface area contributed by atoms with Gasteiger partial charge < -0.3 is 20.4 Å². The standard InChI is InChI=1S/C15H18N4O5/c1-24-11-4-2-10(3-5-11)9-19-14(22)12(8-17-16-6-7-20)13(21)18-15(19)23/h2-5,8,16,20,22H,6-7,9H2,1H3,(H,18,21,23)/b17-8+. The molecule has 0 saturated heterocycles. The number of aromatic hydroxyl groups is 1. The maximum atomic E-state index is 11.9. The van der Waals surface area contributed by atoms with E-state index in [0.717, 1.165) is 16.3 Å². The van der Waals surface area contributed by atoms with Crippen molar-refractivity contribution in [3.8, 4) is 11.6 Å². The number of hydrogen-bond donors (Lipinski definition) is 4. The zero-order valence-electron chi connectivity index (χ0n) is 13.0. The molecule has 0 aliphatic rings. The molecule has 4 N–H and O–H groups in total. The first-order valence-corrected chi connectivity index (χ1v) is 7.12. The summed E-state index contributed by atoms with van der Waals surface area (Å²) in [6.07, 6.45) is 1.09. The SMILES string of the molecule is COc1ccc(Cn2c(O)c(/C=N/NCCO)c(=O)[nH]c2=O)cc1. The van der Waals surface area contributed by atoms with Gasteiger partial charge in [-0.15, -0.1) is 0 Å². The van der Waals surface area contributed by atoms with E-state index in [4.69, 9.17) is 9.84 Å². The van der Waals surface area contributed by atoms with E-state index in [1.165, 1.54) is 0 Å². The van der Waals surface area contributed by atoms with Crippen LogP contribution in [-0.2, 0) is 6.54 Å². The minimum atomic E-state index is -0.752. The third-order valence-electron chi connectivity index (χ3n) is 3.22. The molecule has 1 heterocycles. The monoisotopic (exact) mass is 334 g/mol. The molecule has 128 valence electrons. The van der Waals surface area contributed by atoms with Gasteiger partial charge in [-0.25, -0.2) is 4.79 Å². The Labute approximate surface area is 136 Å². The Morgan fingerprint density at radius 1 is 1.33 bits per heavy atom. The van der Waals surface area contributed by atoms with Crippen LogP contribution in [0, 0.1) is 0 Å². The Bertz CT molecular complexity index is 823. The summed E-state index contributed by atoms with van der Waals surface area (Å²) in [4.78, 5) is 25.9. The van der Waals surface area contributed by atoms with E-state index in [2.05, 4.69) is 15.5 Å². The van der Waals surface area contributed by atoms with Crippen LogP contribution >= 0.6 is 0 Å². The highest BCUT2D eigenvalue weighted by atomic mass is 16.5. The van der Waals surface area contributed by atoms with Crippen LogP contribution in [0.3, 0.4) is 0 Å². The maximum absolute atomic E-state index is 11.9. The summed E-state index contributed by atoms with van der Waals surface area (Å²) >= 11 is 0. The van der Waals surface area contributed by atoms with Gasteiger partial charge in [-0.2, -0.15) is 5.10 Å². The van der Waals surface area contributed by atoms with Crippen LogP contribution in [0.25, 0.3) is 0 Å². The zero-order valence-corrected chi connectivity index (χ0v) is 13.0. The van der Waals surface area contributed by atoms with E-state index >= 15 is 0 Å². The molecular formula is C15H18N4O5. The van der Waals surface area contributed by atoms with Gasteiger partial charge in [0.05, 0.1) is 33.0 Å². The molecule has 0 aliphatic heterocycles. The van der Waals surface area contributed by atoms with E-state index in [1.54, 1.807) is 31.4 Å². The number of methoxy groups -OCH3 is 1. The molecule has 2 rings (SSSR count). The first kappa shape index (κ1) is 17.3. The summed E-state index contributed by atoms with van der Waals surface area (Å²) in [7, 11) is 1.55. The van der Waals surface area contributed by atoms with Crippen molar-refractivity contribution in [3.05, 3.63) is 56.2 Å². The largest absolute Gasteiger partial charge is 0.497 e. The molecular weight excluding hydrogens is 316 g/mol. The topological polar surface area (TPSA) is 129 Å². The highest BCUT2D eigenvalue weighted by molar-refractivity contribution is 5.81. The molecule has 9 nitrogen and oxygen atoms in total. The predicted octanol–water partition coefficient (Wildman–Crippen LogP) is -0.785. The second kappa shape index (κ2) is 7.97. The minimum Gasteiger partial charge on any atom is -0.497 e. The van der Waals surface area contributed by atoms with Gasteiger partial charge in [0.15, 0.2) is 0 Å². The Kier molecular flexibility index (Phi) is 5.74. The third kappa shape index (κ3) is 4.02. The molecule has 0 unspecified atom stereocenters. The van der Waals surface area contributed by atoms with Crippen LogP contribution < -0.4 is 21.4 Å². The first-order chi connectivity index (χ1) is 11.6. The van der Waals surface area contributed by atoms with Crippen LogP contribution in [0.2, 0.25) is 0 Å². The molecule has 0 radical (unpaired) electrons. The fraction of sp³-hybridized carbons (Fsp3) is 0.267. The van der Waals surface area contributed by atoms with Crippen molar-refractivity contribution in [3.63, 3.8) is 0 Å². The Balaban J connectivity index is 2.33. The van der Waals surface area contributed by atoms with Crippen molar-refractivity contribution in [1.29, 1.82) is 0 Å². The number of ether oxygens (including phenoxy) is 1. The fourth-order valence-electron chi connectivity index (χ4n) is 1.98. The van der Waals surface area contributed by atoms with Gasteiger partial charge in [-0.1, -0.05) is 12.1 Å². The minimum absolute atomic E-state index is 0.0658. The van der Waals surface area contributed by atoms with E-state index < -0.39 is 17.1 Å². The van der Waals surface area contributed by atoms with Crippen LogP contribution in [-0.4, -0.2) is 46.2 Å². The lowest BCUT2D eigenvalue weighted by Gasteiger charge is -2.10. The maximum Gasteiger partial charge on any atom is 0.331 e. The number of H-pyrrole nitrogens is 1. The van der Waals surface area contributed by atoms with E-state index in [-0.39, 0.29) is 25.3 Å². The zero-order chi connectivity index (χ0) is 17.5. The summed E-state index contributed by atoms with van der Waals surface area (Å²) < 4.78 is 6.08. The molecule has 0 bridgehead atoms. The molecule has 1 aromatic carbocycles. The summed E-state index contributed by atoms with van der Waals surface area (Å²) in [5.41, 5.74) is 1.59. The van der Waals surface area contributed by atoms with Crippen LogP contribution in [0.1, 0.15) is 11.1 Å². The molecule has 0 atom stereocenters. The normalized spacial score (nSPS) is 10.9. The van der Waals surface area contributed by atoms with Gasteiger partial charge >= 0.3 is 5.69 Å². The van der Waals surface area contributed by atoms with E-state index in [1.807, 2.05) is 0 Å². The highest BCUT2D eigenvalue weighted by Crippen LogP contribution is 2.14. The lowest BCUT2D eigenvalue weighted by atomic mass is 10.2. The van der Waals surface area contributed by atoms with Crippen LogP contribution in [0.15, 0.2) is 39.0 Å². The van der Waals surface area contributed by atoms with Crippen molar-refractivity contribution < 1.29 is 14.9 Å². The second-order valence-electron chi connectivity index (χ2n) is 4.82. The molecule has 0 amide bonds. The van der Waals surface area contributed by atoms with Gasteiger partial charge in [0, 0.05) is 0 Å². The second-order valence-corrected chi connectivity index (χ2v) is 4.82. The van der Waals surface area contributed by atoms with Gasteiger partial charge in [0.25, 0.3) is 5.56 Å². The average molecular weight is 334 g/mol. The van der Waals surface area contributed by atoms with Crippen molar-refractivity contribution in [2.75, 3.05) is 20.3 Å². The summed E-state index contributed by atoms with van der Waals surface area (Å²) in [6.45, 7) is 0.133. The number of aliphatic hydroxyl groups excluding tert-OH is 1. The number of hydrogen-bond acceptors (Lipinski definition) is 7. The number of aromatic nitrogens is 2. The molecule has 2 aromatic rings. The van der Waals surface area contributed by atoms with E-state index in [0.29, 0.717) is 5.75 Å². The lowest BCUT2D eigenvalue weighted by molar-refractivity contribution is 0.294. The van der Waals surface area contributed by atoms with Crippen LogP contribution in [0.5, 0.6) is 11.6 Å². The molecule has 1 aromatic heterocycles. The van der Waals surface area contributed by atoms with Crippen molar-refractivity contribution in [2.24, 2.45) is 5.10 Å². The number of aromatic amines is 1. The van der Waals surface area contributed by atoms with Gasteiger partial charge in [0.2, 0.25) is 5.88 Å². The number of nitrogens with one attached hydrogen (secondary N) is 2. The van der Waals surface area contributed by atoms with Gasteiger partial charge in [-0.05, 0) is 17.7 Å². The molecule has 0 saturated carbocycles. The summed E-state index contributed by atoms with van der Waals surface area (Å²) in [5, 5.41) is 22.6. The molecule has 0 fully saturated rings. The van der Waals surface area contributed by atoms with Crippen molar-refractivity contribution in [2.45, 2.75) is 6.54 Å². The fourth-order valence-corrected chi connectivity index (χ4v) is 1.98. The Morgan fingerprint density at radius 3 is 2.67 bits per heavy atom. The number of hydrazone groups is 1. The molecule has 24 heavy (non-hydrogen) atoms. The van der Waals surface area contributed by atoms with Gasteiger partial charge in [-0.3, -0.25) is 14.3 Å². The first-order valence-electron chi connectivity index (χ1n) is 7.12. The van der Waals surface area contributed by atoms with Crippen LogP contribution in [0.4, 0.5) is 0 Å². The Hall–Kier alpha value is -3.07. The van der Waals surface area contributed by atoms with E-state index in [9.17, 15) is 14.7 Å². The quantitative estimate of drug-likeness (QED) is 0.298. The Morgan fingerprint density at radius 2 is 2.04 bits per heavy atom. The molecule has 0 spiro atoms. The number of aliphatic hydroxyl groups is 1.